The van der Waals surface area contributed by atoms with Gasteiger partial charge in [0.15, 0.2) is 11.5 Å². The number of hydrogen-bond donors (Lipinski definition) is 2. The molecule has 2 atom stereocenters. The standard InChI is InChI=1S/C10H13N5OS/c11-9-8-10(13-4-12-9)15(5-14-8)6-1-7(2-16)17-3-6/h4-7,16H,1-3H2,(H2,11,12,13)/t6-,7-/m1/s1. The van der Waals surface area contributed by atoms with E-state index in [1.54, 1.807) is 18.1 Å². The lowest BCUT2D eigenvalue weighted by Gasteiger charge is -2.11. The quantitative estimate of drug-likeness (QED) is 0.805. The smallest absolute Gasteiger partial charge is 0.165 e. The molecule has 1 saturated heterocycles. The molecule has 0 bridgehead atoms. The number of aromatic nitrogens is 4. The summed E-state index contributed by atoms with van der Waals surface area (Å²) in [6, 6.07) is 0.330. The first kappa shape index (κ1) is 10.8. The number of thioether (sulfide) groups is 1. The molecule has 0 saturated carbocycles. The molecule has 0 aliphatic carbocycles. The number of aliphatic hydroxyl groups is 1. The second-order valence-electron chi connectivity index (χ2n) is 4.11. The molecule has 0 aromatic carbocycles. The Morgan fingerprint density at radius 1 is 1.47 bits per heavy atom. The van der Waals surface area contributed by atoms with Crippen LogP contribution in [0.1, 0.15) is 12.5 Å². The van der Waals surface area contributed by atoms with Gasteiger partial charge in [0.25, 0.3) is 0 Å². The van der Waals surface area contributed by atoms with Crippen molar-refractivity contribution in [2.45, 2.75) is 17.7 Å². The summed E-state index contributed by atoms with van der Waals surface area (Å²) in [4.78, 5) is 12.4. The lowest BCUT2D eigenvalue weighted by Crippen LogP contribution is -2.10. The number of imidazole rings is 1. The maximum Gasteiger partial charge on any atom is 0.165 e. The molecule has 1 aliphatic rings. The van der Waals surface area contributed by atoms with Gasteiger partial charge in [-0.25, -0.2) is 15.0 Å². The molecule has 3 rings (SSSR count). The van der Waals surface area contributed by atoms with Crippen LogP contribution in [0.5, 0.6) is 0 Å². The minimum atomic E-state index is 0.227. The molecule has 2 aromatic heterocycles. The summed E-state index contributed by atoms with van der Waals surface area (Å²) in [6.07, 6.45) is 4.17. The van der Waals surface area contributed by atoms with Crippen molar-refractivity contribution in [3.63, 3.8) is 0 Å². The zero-order valence-corrected chi connectivity index (χ0v) is 9.97. The van der Waals surface area contributed by atoms with Crippen molar-refractivity contribution in [2.75, 3.05) is 18.1 Å². The first-order valence-electron chi connectivity index (χ1n) is 5.45. The van der Waals surface area contributed by atoms with Crippen molar-refractivity contribution in [3.05, 3.63) is 12.7 Å². The predicted octanol–water partition coefficient (Wildman–Crippen LogP) is 0.447. The fraction of sp³-hybridized carbons (Fsp3) is 0.500. The van der Waals surface area contributed by atoms with Crippen LogP contribution in [0.15, 0.2) is 12.7 Å². The van der Waals surface area contributed by atoms with Gasteiger partial charge in [0, 0.05) is 17.0 Å². The van der Waals surface area contributed by atoms with Crippen molar-refractivity contribution < 1.29 is 5.11 Å². The van der Waals surface area contributed by atoms with E-state index in [1.165, 1.54) is 6.33 Å². The number of nitrogens with zero attached hydrogens (tertiary/aromatic N) is 4. The van der Waals surface area contributed by atoms with Crippen molar-refractivity contribution in [3.8, 4) is 0 Å². The first-order chi connectivity index (χ1) is 8.29. The van der Waals surface area contributed by atoms with Gasteiger partial charge in [-0.15, -0.1) is 0 Å². The summed E-state index contributed by atoms with van der Waals surface area (Å²) in [5.74, 6) is 1.39. The molecule has 90 valence electrons. The van der Waals surface area contributed by atoms with Gasteiger partial charge in [0.2, 0.25) is 0 Å². The average Bonchev–Trinajstić information content (AvgIpc) is 2.94. The van der Waals surface area contributed by atoms with Gasteiger partial charge in [0.1, 0.15) is 11.8 Å². The molecule has 3 heterocycles. The van der Waals surface area contributed by atoms with E-state index in [9.17, 15) is 0 Å². The zero-order chi connectivity index (χ0) is 11.8. The van der Waals surface area contributed by atoms with Crippen LogP contribution >= 0.6 is 11.8 Å². The van der Waals surface area contributed by atoms with Crippen molar-refractivity contribution in [1.82, 2.24) is 19.5 Å². The van der Waals surface area contributed by atoms with E-state index < -0.39 is 0 Å². The van der Waals surface area contributed by atoms with Gasteiger partial charge >= 0.3 is 0 Å². The maximum atomic E-state index is 9.15. The molecule has 1 fully saturated rings. The van der Waals surface area contributed by atoms with Gasteiger partial charge in [-0.1, -0.05) is 0 Å². The SMILES string of the molecule is Nc1ncnc2c1ncn2[C@H]1CS[C@@H](CO)C1. The van der Waals surface area contributed by atoms with Crippen LogP contribution < -0.4 is 5.73 Å². The number of hydrogen-bond acceptors (Lipinski definition) is 6. The third-order valence-electron chi connectivity index (χ3n) is 3.04. The fourth-order valence-electron chi connectivity index (χ4n) is 2.15. The molecule has 2 aromatic rings. The Bertz CT molecular complexity index is 542. The highest BCUT2D eigenvalue weighted by molar-refractivity contribution is 8.00. The Morgan fingerprint density at radius 3 is 3.12 bits per heavy atom. The number of nitrogen functional groups attached to an aromatic ring is 1. The van der Waals surface area contributed by atoms with Gasteiger partial charge in [-0.3, -0.25) is 0 Å². The highest BCUT2D eigenvalue weighted by Gasteiger charge is 2.27. The third kappa shape index (κ3) is 1.75. The highest BCUT2D eigenvalue weighted by Crippen LogP contribution is 2.35. The number of anilines is 1. The molecule has 3 N–H and O–H groups in total. The van der Waals surface area contributed by atoms with Gasteiger partial charge in [-0.05, 0) is 6.42 Å². The summed E-state index contributed by atoms with van der Waals surface area (Å²) in [6.45, 7) is 0.227. The monoisotopic (exact) mass is 251 g/mol. The molecule has 0 amide bonds. The molecule has 17 heavy (non-hydrogen) atoms. The minimum absolute atomic E-state index is 0.227. The van der Waals surface area contributed by atoms with Crippen LogP contribution in [0.3, 0.4) is 0 Å². The molecule has 0 spiro atoms. The van der Waals surface area contributed by atoms with E-state index >= 15 is 0 Å². The number of fused-ring (bicyclic) bond motifs is 1. The van der Waals surface area contributed by atoms with E-state index in [-0.39, 0.29) is 6.61 Å². The van der Waals surface area contributed by atoms with Crippen LogP contribution in [-0.2, 0) is 0 Å². The predicted molar refractivity (Wildman–Crippen MR) is 66.7 cm³/mol. The summed E-state index contributed by atoms with van der Waals surface area (Å²) < 4.78 is 2.04. The molecule has 7 heteroatoms. The first-order valence-corrected chi connectivity index (χ1v) is 6.50. The van der Waals surface area contributed by atoms with Crippen molar-refractivity contribution in [2.24, 2.45) is 0 Å². The molecular weight excluding hydrogens is 238 g/mol. The molecule has 0 unspecified atom stereocenters. The van der Waals surface area contributed by atoms with Crippen LogP contribution in [0.2, 0.25) is 0 Å². The zero-order valence-electron chi connectivity index (χ0n) is 9.15. The summed E-state index contributed by atoms with van der Waals surface area (Å²) in [5.41, 5.74) is 7.19. The van der Waals surface area contributed by atoms with E-state index in [0.717, 1.165) is 17.8 Å². The van der Waals surface area contributed by atoms with E-state index in [4.69, 9.17) is 10.8 Å². The van der Waals surface area contributed by atoms with E-state index in [1.807, 2.05) is 4.57 Å². The molecular formula is C10H13N5OS. The number of nitrogens with two attached hydrogens (primary N) is 1. The Labute approximate surface area is 102 Å². The van der Waals surface area contributed by atoms with E-state index in [0.29, 0.717) is 22.6 Å². The normalized spacial score (nSPS) is 24.5. The average molecular weight is 251 g/mol. The molecule has 1 aliphatic heterocycles. The Hall–Kier alpha value is -1.34. The Balaban J connectivity index is 1.99. The third-order valence-corrected chi connectivity index (χ3v) is 4.43. The van der Waals surface area contributed by atoms with Gasteiger partial charge in [-0.2, -0.15) is 11.8 Å². The van der Waals surface area contributed by atoms with E-state index in [2.05, 4.69) is 15.0 Å². The van der Waals surface area contributed by atoms with Gasteiger partial charge < -0.3 is 15.4 Å². The Kier molecular flexibility index (Phi) is 2.64. The largest absolute Gasteiger partial charge is 0.395 e. The Morgan fingerprint density at radius 2 is 2.35 bits per heavy atom. The highest BCUT2D eigenvalue weighted by atomic mass is 32.2. The molecule has 6 nitrogen and oxygen atoms in total. The van der Waals surface area contributed by atoms with Crippen molar-refractivity contribution in [1.29, 1.82) is 0 Å². The second kappa shape index (κ2) is 4.15. The van der Waals surface area contributed by atoms with Crippen LogP contribution in [0, 0.1) is 0 Å². The minimum Gasteiger partial charge on any atom is -0.395 e. The fourth-order valence-corrected chi connectivity index (χ4v) is 3.40. The summed E-state index contributed by atoms with van der Waals surface area (Å²) >= 11 is 1.79. The number of aliphatic hydroxyl groups excluding tert-OH is 1. The van der Waals surface area contributed by atoms with Crippen LogP contribution in [0.25, 0.3) is 11.2 Å². The van der Waals surface area contributed by atoms with Crippen molar-refractivity contribution >= 4 is 28.7 Å². The lowest BCUT2D eigenvalue weighted by molar-refractivity contribution is 0.286. The maximum absolute atomic E-state index is 9.15. The molecule has 0 radical (unpaired) electrons. The summed E-state index contributed by atoms with van der Waals surface area (Å²) in [7, 11) is 0. The second-order valence-corrected chi connectivity index (χ2v) is 5.44. The number of rotatable bonds is 2. The topological polar surface area (TPSA) is 89.9 Å². The van der Waals surface area contributed by atoms with Crippen LogP contribution in [0.4, 0.5) is 5.82 Å². The summed E-state index contributed by atoms with van der Waals surface area (Å²) in [5, 5.41) is 9.46. The lowest BCUT2D eigenvalue weighted by atomic mass is 10.2. The van der Waals surface area contributed by atoms with Gasteiger partial charge in [0.05, 0.1) is 12.9 Å². The van der Waals surface area contributed by atoms with Crippen LogP contribution in [-0.4, -0.2) is 42.2 Å².